The van der Waals surface area contributed by atoms with Crippen molar-refractivity contribution in [1.29, 1.82) is 0 Å². The van der Waals surface area contributed by atoms with E-state index < -0.39 is 0 Å². The minimum absolute atomic E-state index is 0. The van der Waals surface area contributed by atoms with Gasteiger partial charge in [0.15, 0.2) is 5.96 Å². The molecule has 156 valence electrons. The number of nitrogens with zero attached hydrogens (tertiary/aromatic N) is 4. The number of hydrogen-bond donors (Lipinski definition) is 2. The summed E-state index contributed by atoms with van der Waals surface area (Å²) in [4.78, 5) is 9.27. The zero-order valence-electron chi connectivity index (χ0n) is 17.0. The van der Waals surface area contributed by atoms with Crippen LogP contribution < -0.4 is 10.6 Å². The van der Waals surface area contributed by atoms with Gasteiger partial charge in [-0.2, -0.15) is 5.10 Å². The monoisotopic (exact) mass is 524 g/mol. The molecule has 0 amide bonds. The van der Waals surface area contributed by atoms with E-state index >= 15 is 0 Å². The maximum atomic E-state index is 4.67. The number of rotatable bonds is 9. The number of aliphatic imine (C=N–C) groups is 1. The number of aryl methyl sites for hydroxylation is 1. The maximum absolute atomic E-state index is 4.67. The van der Waals surface area contributed by atoms with Crippen molar-refractivity contribution in [3.05, 3.63) is 64.4 Å². The van der Waals surface area contributed by atoms with Gasteiger partial charge in [-0.05, 0) is 43.5 Å². The van der Waals surface area contributed by atoms with Crippen LogP contribution in [0.2, 0.25) is 0 Å². The number of hydrogen-bond acceptors (Lipinski definition) is 4. The number of nitrogens with one attached hydrogen (secondary N) is 2. The highest BCUT2D eigenvalue weighted by molar-refractivity contribution is 14.0. The normalized spacial score (nSPS) is 11.2. The molecule has 1 aromatic carbocycles. The molecule has 0 aliphatic carbocycles. The lowest BCUT2D eigenvalue weighted by atomic mass is 10.1. The molecule has 29 heavy (non-hydrogen) atoms. The smallest absolute Gasteiger partial charge is 0.191 e. The van der Waals surface area contributed by atoms with Crippen LogP contribution in [0, 0.1) is 0 Å². The van der Waals surface area contributed by atoms with Crippen LogP contribution in [0.25, 0.3) is 5.69 Å². The minimum Gasteiger partial charge on any atom is -0.357 e. The van der Waals surface area contributed by atoms with E-state index in [4.69, 9.17) is 0 Å². The lowest BCUT2D eigenvalue weighted by Gasteiger charge is -2.11. The van der Waals surface area contributed by atoms with Crippen molar-refractivity contribution in [2.24, 2.45) is 4.99 Å². The Hall–Kier alpha value is -1.94. The molecule has 0 spiro atoms. The van der Waals surface area contributed by atoms with Gasteiger partial charge in [0.05, 0.1) is 16.4 Å². The van der Waals surface area contributed by atoms with Crippen LogP contribution in [-0.2, 0) is 19.3 Å². The summed E-state index contributed by atoms with van der Waals surface area (Å²) in [5.74, 6) is 0.863. The number of thiazole rings is 1. The summed E-state index contributed by atoms with van der Waals surface area (Å²) >= 11 is 1.73. The van der Waals surface area contributed by atoms with Gasteiger partial charge in [-0.15, -0.1) is 35.3 Å². The van der Waals surface area contributed by atoms with E-state index in [1.165, 1.54) is 10.6 Å². The van der Waals surface area contributed by atoms with Crippen LogP contribution in [0.15, 0.2) is 53.1 Å². The van der Waals surface area contributed by atoms with Crippen LogP contribution >= 0.6 is 35.3 Å². The second-order valence-electron chi connectivity index (χ2n) is 6.39. The molecule has 0 radical (unpaired) electrons. The molecule has 2 aromatic heterocycles. The van der Waals surface area contributed by atoms with E-state index in [-0.39, 0.29) is 24.0 Å². The van der Waals surface area contributed by atoms with E-state index in [1.54, 1.807) is 17.5 Å². The summed E-state index contributed by atoms with van der Waals surface area (Å²) in [7, 11) is 0. The highest BCUT2D eigenvalue weighted by Crippen LogP contribution is 2.11. The van der Waals surface area contributed by atoms with Crippen molar-refractivity contribution in [2.45, 2.75) is 33.1 Å². The summed E-state index contributed by atoms with van der Waals surface area (Å²) in [6, 6.07) is 10.4. The van der Waals surface area contributed by atoms with Crippen LogP contribution in [0.3, 0.4) is 0 Å². The first-order valence-electron chi connectivity index (χ1n) is 9.83. The topological polar surface area (TPSA) is 67.1 Å². The molecule has 2 N–H and O–H groups in total. The van der Waals surface area contributed by atoms with Crippen LogP contribution in [0.4, 0.5) is 0 Å². The summed E-state index contributed by atoms with van der Waals surface area (Å²) < 4.78 is 1.86. The Bertz CT molecular complexity index is 858. The van der Waals surface area contributed by atoms with Crippen molar-refractivity contribution in [3.8, 4) is 5.69 Å². The molecule has 3 aromatic rings. The Balaban J connectivity index is 0.00000300. The highest BCUT2D eigenvalue weighted by atomic mass is 127. The molecule has 0 aliphatic rings. The van der Waals surface area contributed by atoms with E-state index in [0.29, 0.717) is 0 Å². The molecular formula is C21H29IN6S. The predicted molar refractivity (Wildman–Crippen MR) is 132 cm³/mol. The minimum atomic E-state index is 0. The third kappa shape index (κ3) is 7.43. The van der Waals surface area contributed by atoms with Crippen molar-refractivity contribution in [3.63, 3.8) is 0 Å². The summed E-state index contributed by atoms with van der Waals surface area (Å²) in [5.41, 5.74) is 3.50. The molecule has 0 aliphatic heterocycles. The average molecular weight is 524 g/mol. The summed E-state index contributed by atoms with van der Waals surface area (Å²) in [6.07, 6.45) is 6.56. The highest BCUT2D eigenvalue weighted by Gasteiger charge is 2.02. The van der Waals surface area contributed by atoms with Crippen molar-refractivity contribution in [1.82, 2.24) is 25.4 Å². The molecule has 3 rings (SSSR count). The zero-order chi connectivity index (χ0) is 19.6. The first kappa shape index (κ1) is 23.3. The SMILES string of the molecule is CCNC(=NCCc1csc(CC)n1)NCCc1ccc(-n2cccn2)cc1.I. The largest absolute Gasteiger partial charge is 0.357 e. The molecule has 0 atom stereocenters. The Morgan fingerprint density at radius 1 is 1.14 bits per heavy atom. The van der Waals surface area contributed by atoms with Crippen molar-refractivity contribution < 1.29 is 0 Å². The summed E-state index contributed by atoms with van der Waals surface area (Å²) in [5, 5.41) is 14.3. The van der Waals surface area contributed by atoms with Crippen LogP contribution in [0.5, 0.6) is 0 Å². The van der Waals surface area contributed by atoms with Gasteiger partial charge in [0.25, 0.3) is 0 Å². The van der Waals surface area contributed by atoms with Gasteiger partial charge in [0.2, 0.25) is 0 Å². The third-order valence-corrected chi connectivity index (χ3v) is 5.34. The predicted octanol–water partition coefficient (Wildman–Crippen LogP) is 3.85. The quantitative estimate of drug-likeness (QED) is 0.254. The molecule has 0 fully saturated rings. The fourth-order valence-corrected chi connectivity index (χ4v) is 3.59. The first-order chi connectivity index (χ1) is 13.8. The first-order valence-corrected chi connectivity index (χ1v) is 10.7. The molecule has 8 heteroatoms. The summed E-state index contributed by atoms with van der Waals surface area (Å²) in [6.45, 7) is 6.64. The van der Waals surface area contributed by atoms with E-state index in [0.717, 1.165) is 56.2 Å². The number of aromatic nitrogens is 3. The number of guanidine groups is 1. The fourth-order valence-electron chi connectivity index (χ4n) is 2.81. The Labute approximate surface area is 193 Å². The fraction of sp³-hybridized carbons (Fsp3) is 0.381. The van der Waals surface area contributed by atoms with E-state index in [2.05, 4.69) is 69.2 Å². The molecule has 6 nitrogen and oxygen atoms in total. The molecule has 0 saturated heterocycles. The Morgan fingerprint density at radius 2 is 1.97 bits per heavy atom. The molecule has 0 saturated carbocycles. The second-order valence-corrected chi connectivity index (χ2v) is 7.33. The van der Waals surface area contributed by atoms with Crippen molar-refractivity contribution >= 4 is 41.3 Å². The molecule has 0 unspecified atom stereocenters. The van der Waals surface area contributed by atoms with Gasteiger partial charge in [0.1, 0.15) is 0 Å². The Kier molecular flexibility index (Phi) is 10.1. The zero-order valence-corrected chi connectivity index (χ0v) is 20.1. The molecule has 2 heterocycles. The molecular weight excluding hydrogens is 495 g/mol. The molecule has 0 bridgehead atoms. The number of halogens is 1. The maximum Gasteiger partial charge on any atom is 0.191 e. The number of benzene rings is 1. The van der Waals surface area contributed by atoms with Gasteiger partial charge in [-0.3, -0.25) is 4.99 Å². The lowest BCUT2D eigenvalue weighted by Crippen LogP contribution is -2.38. The van der Waals surface area contributed by atoms with Gasteiger partial charge in [-0.1, -0.05) is 19.1 Å². The van der Waals surface area contributed by atoms with Crippen LogP contribution in [0.1, 0.15) is 30.1 Å². The third-order valence-electron chi connectivity index (χ3n) is 4.30. The standard InChI is InChI=1S/C21H28N6S.HI/c1-3-20-26-18(16-28-20)11-14-24-21(22-4-2)23-13-10-17-6-8-19(9-7-17)27-15-5-12-25-27;/h5-9,12,15-16H,3-4,10-11,13-14H2,1-2H3,(H2,22,23,24);1H. The average Bonchev–Trinajstić information content (AvgIpc) is 3.41. The van der Waals surface area contributed by atoms with Gasteiger partial charge in [0, 0.05) is 43.8 Å². The Morgan fingerprint density at radius 3 is 2.62 bits per heavy atom. The van der Waals surface area contributed by atoms with Gasteiger partial charge in [-0.25, -0.2) is 9.67 Å². The van der Waals surface area contributed by atoms with E-state index in [9.17, 15) is 0 Å². The lowest BCUT2D eigenvalue weighted by molar-refractivity contribution is 0.793. The van der Waals surface area contributed by atoms with Crippen molar-refractivity contribution in [2.75, 3.05) is 19.6 Å². The van der Waals surface area contributed by atoms with Gasteiger partial charge >= 0.3 is 0 Å². The van der Waals surface area contributed by atoms with Gasteiger partial charge < -0.3 is 10.6 Å². The second kappa shape index (κ2) is 12.6. The van der Waals surface area contributed by atoms with Crippen LogP contribution in [-0.4, -0.2) is 40.4 Å². The van der Waals surface area contributed by atoms with E-state index in [1.807, 2.05) is 16.9 Å².